The minimum absolute atomic E-state index is 0.0893. The van der Waals surface area contributed by atoms with Crippen molar-refractivity contribution in [1.29, 1.82) is 0 Å². The summed E-state index contributed by atoms with van der Waals surface area (Å²) in [6.07, 6.45) is 1.26. The van der Waals surface area contributed by atoms with Crippen LogP contribution < -0.4 is 0 Å². The maximum atomic E-state index is 11.9. The molecule has 6 nitrogen and oxygen atoms in total. The number of nitro groups is 1. The van der Waals surface area contributed by atoms with Crippen molar-refractivity contribution in [2.45, 2.75) is 6.54 Å². The minimum atomic E-state index is -0.692. The fourth-order valence-corrected chi connectivity index (χ4v) is 1.95. The zero-order chi connectivity index (χ0) is 14.0. The summed E-state index contributed by atoms with van der Waals surface area (Å²) in [5, 5.41) is 14.1. The predicted molar refractivity (Wildman–Crippen MR) is 72.4 cm³/mol. The van der Waals surface area contributed by atoms with Gasteiger partial charge in [0.15, 0.2) is 10.8 Å². The number of halogens is 2. The molecule has 8 heteroatoms. The van der Waals surface area contributed by atoms with Gasteiger partial charge in [-0.05, 0) is 17.1 Å². The first kappa shape index (κ1) is 13.7. The minimum Gasteiger partial charge on any atom is -0.358 e. The summed E-state index contributed by atoms with van der Waals surface area (Å²) in [7, 11) is 0. The Labute approximate surface area is 121 Å². The van der Waals surface area contributed by atoms with Crippen molar-refractivity contribution in [3.63, 3.8) is 0 Å². The molecule has 0 atom stereocenters. The second kappa shape index (κ2) is 5.50. The SMILES string of the molecule is O=C(Cn1cc(Cl)c([N+](=O)[O-])n1)c1ccc(Br)cc1. The normalized spacial score (nSPS) is 10.4. The molecule has 1 aromatic carbocycles. The smallest absolute Gasteiger partial charge is 0.358 e. The van der Waals surface area contributed by atoms with Crippen LogP contribution in [0.5, 0.6) is 0 Å². The average molecular weight is 345 g/mol. The van der Waals surface area contributed by atoms with Crippen LogP contribution in [-0.4, -0.2) is 20.5 Å². The van der Waals surface area contributed by atoms with Crippen molar-refractivity contribution < 1.29 is 9.72 Å². The molecule has 0 N–H and O–H groups in total. The maximum absolute atomic E-state index is 11.9. The number of aromatic nitrogens is 2. The Morgan fingerprint density at radius 3 is 2.58 bits per heavy atom. The first-order chi connectivity index (χ1) is 8.97. The molecule has 0 fully saturated rings. The number of rotatable bonds is 4. The fraction of sp³-hybridized carbons (Fsp3) is 0.0909. The van der Waals surface area contributed by atoms with Gasteiger partial charge in [0.1, 0.15) is 6.54 Å². The van der Waals surface area contributed by atoms with Gasteiger partial charge in [-0.15, -0.1) is 0 Å². The number of carbonyl (C=O) groups excluding carboxylic acids is 1. The molecule has 1 aromatic heterocycles. The van der Waals surface area contributed by atoms with Crippen molar-refractivity contribution >= 4 is 39.1 Å². The monoisotopic (exact) mass is 343 g/mol. The van der Waals surface area contributed by atoms with Crippen LogP contribution in [0.1, 0.15) is 10.4 Å². The summed E-state index contributed by atoms with van der Waals surface area (Å²) in [5.74, 6) is -0.660. The van der Waals surface area contributed by atoms with Gasteiger partial charge in [-0.1, -0.05) is 39.7 Å². The summed E-state index contributed by atoms with van der Waals surface area (Å²) < 4.78 is 2.02. The number of Topliss-reactive ketones (excluding diaryl/α,β-unsaturated/α-hetero) is 1. The zero-order valence-corrected chi connectivity index (χ0v) is 11.8. The van der Waals surface area contributed by atoms with Gasteiger partial charge in [0.05, 0.1) is 11.3 Å². The van der Waals surface area contributed by atoms with Crippen LogP contribution in [0.2, 0.25) is 5.02 Å². The van der Waals surface area contributed by atoms with Crippen LogP contribution >= 0.6 is 27.5 Å². The molecular weight excluding hydrogens is 337 g/mol. The molecule has 19 heavy (non-hydrogen) atoms. The third-order valence-corrected chi connectivity index (χ3v) is 3.14. The molecule has 0 bridgehead atoms. The molecule has 0 aliphatic heterocycles. The van der Waals surface area contributed by atoms with Crippen molar-refractivity contribution in [3.8, 4) is 0 Å². The Hall–Kier alpha value is -1.73. The number of benzene rings is 1. The number of hydrogen-bond donors (Lipinski definition) is 0. The lowest BCUT2D eigenvalue weighted by Gasteiger charge is -1.99. The molecule has 1 heterocycles. The van der Waals surface area contributed by atoms with E-state index in [0.29, 0.717) is 5.56 Å². The molecule has 0 amide bonds. The van der Waals surface area contributed by atoms with E-state index in [1.807, 2.05) is 0 Å². The molecule has 0 aliphatic rings. The van der Waals surface area contributed by atoms with E-state index in [0.717, 1.165) is 9.15 Å². The van der Waals surface area contributed by atoms with Gasteiger partial charge in [0.25, 0.3) is 0 Å². The van der Waals surface area contributed by atoms with E-state index >= 15 is 0 Å². The van der Waals surface area contributed by atoms with Crippen LogP contribution in [0.3, 0.4) is 0 Å². The number of nitrogens with zero attached hydrogens (tertiary/aromatic N) is 3. The lowest BCUT2D eigenvalue weighted by Crippen LogP contribution is -2.11. The third-order valence-electron chi connectivity index (χ3n) is 2.34. The van der Waals surface area contributed by atoms with E-state index in [1.165, 1.54) is 6.20 Å². The molecule has 2 aromatic rings. The Morgan fingerprint density at radius 1 is 1.42 bits per heavy atom. The van der Waals surface area contributed by atoms with Crippen molar-refractivity contribution in [1.82, 2.24) is 9.78 Å². The van der Waals surface area contributed by atoms with E-state index in [9.17, 15) is 14.9 Å². The lowest BCUT2D eigenvalue weighted by molar-refractivity contribution is -0.389. The second-order valence-corrected chi connectivity index (χ2v) is 5.01. The molecule has 2 rings (SSSR count). The van der Waals surface area contributed by atoms with Gasteiger partial charge in [-0.2, -0.15) is 4.68 Å². The first-order valence-corrected chi connectivity index (χ1v) is 6.30. The largest absolute Gasteiger partial charge is 0.408 e. The average Bonchev–Trinajstić information content (AvgIpc) is 2.71. The molecule has 0 radical (unpaired) electrons. The van der Waals surface area contributed by atoms with E-state index in [2.05, 4.69) is 21.0 Å². The topological polar surface area (TPSA) is 78.0 Å². The van der Waals surface area contributed by atoms with E-state index in [1.54, 1.807) is 24.3 Å². The number of carbonyl (C=O) groups is 1. The van der Waals surface area contributed by atoms with Gasteiger partial charge in [-0.25, -0.2) is 0 Å². The van der Waals surface area contributed by atoms with Gasteiger partial charge in [-0.3, -0.25) is 4.79 Å². The molecule has 0 aliphatic carbocycles. The molecule has 0 saturated carbocycles. The molecular formula is C11H7BrClN3O3. The Balaban J connectivity index is 2.17. The zero-order valence-electron chi connectivity index (χ0n) is 9.42. The molecule has 0 unspecified atom stereocenters. The maximum Gasteiger partial charge on any atom is 0.408 e. The van der Waals surface area contributed by atoms with Crippen molar-refractivity contribution in [2.75, 3.05) is 0 Å². The van der Waals surface area contributed by atoms with E-state index in [4.69, 9.17) is 11.6 Å². The van der Waals surface area contributed by atoms with Gasteiger partial charge in [0.2, 0.25) is 0 Å². The Morgan fingerprint density at radius 2 is 2.05 bits per heavy atom. The second-order valence-electron chi connectivity index (χ2n) is 3.69. The Kier molecular flexibility index (Phi) is 3.96. The summed E-state index contributed by atoms with van der Waals surface area (Å²) in [5.41, 5.74) is 0.498. The van der Waals surface area contributed by atoms with E-state index < -0.39 is 10.7 Å². The number of ketones is 1. The lowest BCUT2D eigenvalue weighted by atomic mass is 10.1. The molecule has 0 spiro atoms. The highest BCUT2D eigenvalue weighted by atomic mass is 79.9. The summed E-state index contributed by atoms with van der Waals surface area (Å²) >= 11 is 8.92. The van der Waals surface area contributed by atoms with Crippen LogP contribution in [0.4, 0.5) is 5.82 Å². The molecule has 98 valence electrons. The van der Waals surface area contributed by atoms with Crippen LogP contribution in [-0.2, 0) is 6.54 Å². The Bertz CT molecular complexity index is 639. The summed E-state index contributed by atoms with van der Waals surface area (Å²) in [6.45, 7) is -0.102. The van der Waals surface area contributed by atoms with Crippen molar-refractivity contribution in [3.05, 3.63) is 55.6 Å². The summed E-state index contributed by atoms with van der Waals surface area (Å²) in [6, 6.07) is 6.80. The highest BCUT2D eigenvalue weighted by Crippen LogP contribution is 2.21. The third kappa shape index (κ3) is 3.18. The van der Waals surface area contributed by atoms with Crippen LogP contribution in [0, 0.1) is 10.1 Å². The van der Waals surface area contributed by atoms with Gasteiger partial charge < -0.3 is 10.1 Å². The highest BCUT2D eigenvalue weighted by molar-refractivity contribution is 9.10. The molecule has 0 saturated heterocycles. The van der Waals surface area contributed by atoms with Crippen LogP contribution in [0.25, 0.3) is 0 Å². The van der Waals surface area contributed by atoms with Crippen LogP contribution in [0.15, 0.2) is 34.9 Å². The predicted octanol–water partition coefficient (Wildman–Crippen LogP) is 3.09. The quantitative estimate of drug-likeness (QED) is 0.485. The summed E-state index contributed by atoms with van der Waals surface area (Å²) in [4.78, 5) is 21.8. The van der Waals surface area contributed by atoms with E-state index in [-0.39, 0.29) is 17.4 Å². The van der Waals surface area contributed by atoms with Crippen molar-refractivity contribution in [2.24, 2.45) is 0 Å². The fourth-order valence-electron chi connectivity index (χ4n) is 1.47. The van der Waals surface area contributed by atoms with Gasteiger partial charge in [0, 0.05) is 10.0 Å². The van der Waals surface area contributed by atoms with Gasteiger partial charge >= 0.3 is 5.82 Å². The highest BCUT2D eigenvalue weighted by Gasteiger charge is 2.20. The first-order valence-electron chi connectivity index (χ1n) is 5.13. The standard InChI is InChI=1S/C11H7BrClN3O3/c12-8-3-1-7(2-4-8)10(17)6-15-5-9(13)11(14-15)16(18)19/h1-5H,6H2. The number of hydrogen-bond acceptors (Lipinski definition) is 4.